The van der Waals surface area contributed by atoms with E-state index in [9.17, 15) is 19.1 Å². The van der Waals surface area contributed by atoms with Crippen LogP contribution in [-0.2, 0) is 15.0 Å². The van der Waals surface area contributed by atoms with Crippen LogP contribution in [0.1, 0.15) is 50.7 Å². The number of halogens is 3. The van der Waals surface area contributed by atoms with Gasteiger partial charge in [0, 0.05) is 29.2 Å². The Bertz CT molecular complexity index is 1220. The molecule has 0 radical (unpaired) electrons. The number of amides is 2. The van der Waals surface area contributed by atoms with Gasteiger partial charge in [0.05, 0.1) is 23.8 Å². The Hall–Kier alpha value is -1.53. The van der Waals surface area contributed by atoms with Crippen LogP contribution in [0.15, 0.2) is 36.4 Å². The molecule has 2 aromatic carbocycles. The Kier molecular flexibility index (Phi) is 11.2. The molecule has 4 rings (SSSR count). The molecule has 0 unspecified atom stereocenters. The van der Waals surface area contributed by atoms with Gasteiger partial charge in [-0.25, -0.2) is 4.39 Å². The van der Waals surface area contributed by atoms with Gasteiger partial charge >= 0.3 is 0 Å². The number of rotatable bonds is 7. The number of anilines is 1. The highest BCUT2D eigenvalue weighted by Gasteiger charge is 2.65. The van der Waals surface area contributed by atoms with Crippen molar-refractivity contribution in [1.82, 2.24) is 10.6 Å². The van der Waals surface area contributed by atoms with Crippen LogP contribution in [0.25, 0.3) is 0 Å². The Morgan fingerprint density at radius 1 is 1.18 bits per heavy atom. The molecule has 5 N–H and O–H groups in total. The third kappa shape index (κ3) is 6.53. The first-order valence-electron chi connectivity index (χ1n) is 12.3. The molecule has 0 saturated carbocycles. The zero-order valence-electron chi connectivity index (χ0n) is 21.9. The quantitative estimate of drug-likeness (QED) is 0.322. The monoisotopic (exact) mass is 619 g/mol. The average Bonchev–Trinajstić information content (AvgIpc) is 3.29. The molecule has 1 spiro atoms. The summed E-state index contributed by atoms with van der Waals surface area (Å²) in [5.41, 5.74) is 0.412. The fourth-order valence-corrected chi connectivity index (χ4v) is 6.05. The van der Waals surface area contributed by atoms with E-state index in [1.807, 2.05) is 6.07 Å². The van der Waals surface area contributed by atoms with Gasteiger partial charge in [-0.3, -0.25) is 9.59 Å². The zero-order valence-corrected chi connectivity index (χ0v) is 25.5. The molecule has 1 saturated heterocycles. The second-order valence-electron chi connectivity index (χ2n) is 11.0. The molecule has 0 bridgehead atoms. The van der Waals surface area contributed by atoms with Crippen molar-refractivity contribution >= 4 is 67.7 Å². The Morgan fingerprint density at radius 2 is 1.87 bits per heavy atom. The maximum atomic E-state index is 14.2. The van der Waals surface area contributed by atoms with Gasteiger partial charge in [0.2, 0.25) is 11.8 Å². The summed E-state index contributed by atoms with van der Waals surface area (Å²) in [6.07, 6.45) is -0.234. The SMILES string of the molecule is CC(C)(C)C[C@H]1N[C@@H](C(=O)NCC[C@H](O)CO)[C@H](c2ccc(F)c(Cl)c2)[C@@]12C(=O)Nc1cc(Cl)ccc12.S.S. The first kappa shape index (κ1) is 33.7. The first-order chi connectivity index (χ1) is 17.4. The van der Waals surface area contributed by atoms with Crippen LogP contribution in [0.5, 0.6) is 0 Å². The van der Waals surface area contributed by atoms with Crippen LogP contribution in [0.4, 0.5) is 10.1 Å². The Labute approximate surface area is 252 Å². The van der Waals surface area contributed by atoms with E-state index in [4.69, 9.17) is 28.3 Å². The molecule has 0 aliphatic carbocycles. The number of hydrogen-bond acceptors (Lipinski definition) is 5. The molecule has 5 atom stereocenters. The van der Waals surface area contributed by atoms with E-state index in [-0.39, 0.29) is 62.2 Å². The van der Waals surface area contributed by atoms with E-state index < -0.39 is 41.9 Å². The summed E-state index contributed by atoms with van der Waals surface area (Å²) in [5.74, 6) is -1.98. The Morgan fingerprint density at radius 3 is 2.49 bits per heavy atom. The van der Waals surface area contributed by atoms with Gasteiger partial charge in [-0.15, -0.1) is 0 Å². The highest BCUT2D eigenvalue weighted by atomic mass is 35.5. The highest BCUT2D eigenvalue weighted by molar-refractivity contribution is 7.59. The van der Waals surface area contributed by atoms with Crippen molar-refractivity contribution in [2.24, 2.45) is 5.41 Å². The van der Waals surface area contributed by atoms with Crippen LogP contribution in [0.3, 0.4) is 0 Å². The second-order valence-corrected chi connectivity index (χ2v) is 11.9. The fourth-order valence-electron chi connectivity index (χ4n) is 5.69. The molecule has 0 aromatic heterocycles. The number of aliphatic hydroxyl groups excluding tert-OH is 2. The lowest BCUT2D eigenvalue weighted by Gasteiger charge is -2.37. The van der Waals surface area contributed by atoms with E-state index in [0.29, 0.717) is 28.3 Å². The molecule has 12 heteroatoms. The zero-order chi connectivity index (χ0) is 27.1. The molecule has 2 aliphatic rings. The van der Waals surface area contributed by atoms with Gasteiger partial charge in [-0.1, -0.05) is 56.1 Å². The summed E-state index contributed by atoms with van der Waals surface area (Å²) in [4.78, 5) is 27.6. The minimum Gasteiger partial charge on any atom is -0.394 e. The van der Waals surface area contributed by atoms with Crippen molar-refractivity contribution in [2.75, 3.05) is 18.5 Å². The summed E-state index contributed by atoms with van der Waals surface area (Å²) in [7, 11) is 0. The predicted octanol–water partition coefficient (Wildman–Crippen LogP) is 3.97. The van der Waals surface area contributed by atoms with Crippen molar-refractivity contribution < 1.29 is 24.2 Å². The van der Waals surface area contributed by atoms with E-state index >= 15 is 0 Å². The molecule has 7 nitrogen and oxygen atoms in total. The number of carbonyl (C=O) groups is 2. The fraction of sp³-hybridized carbons (Fsp3) is 0.481. The first-order valence-corrected chi connectivity index (χ1v) is 13.0. The van der Waals surface area contributed by atoms with E-state index in [1.165, 1.54) is 12.1 Å². The maximum Gasteiger partial charge on any atom is 0.237 e. The van der Waals surface area contributed by atoms with Crippen molar-refractivity contribution in [3.8, 4) is 0 Å². The van der Waals surface area contributed by atoms with Crippen molar-refractivity contribution in [3.63, 3.8) is 0 Å². The minimum absolute atomic E-state index is 0. The number of nitrogens with one attached hydrogen (secondary N) is 3. The molecule has 2 aliphatic heterocycles. The van der Waals surface area contributed by atoms with Gasteiger partial charge in [-0.05, 0) is 53.6 Å². The number of aliphatic hydroxyl groups is 2. The molecular formula is C27H36Cl2FN3O4S2. The van der Waals surface area contributed by atoms with Crippen LogP contribution in [0, 0.1) is 11.2 Å². The molecule has 2 amide bonds. The molecule has 1 fully saturated rings. The normalized spacial score (nSPS) is 24.4. The van der Waals surface area contributed by atoms with Crippen LogP contribution < -0.4 is 16.0 Å². The van der Waals surface area contributed by atoms with Gasteiger partial charge in [0.15, 0.2) is 0 Å². The summed E-state index contributed by atoms with van der Waals surface area (Å²) in [5, 5.41) is 28.4. The van der Waals surface area contributed by atoms with Crippen LogP contribution >= 0.6 is 50.2 Å². The number of fused-ring (bicyclic) bond motifs is 2. The van der Waals surface area contributed by atoms with Crippen LogP contribution in [-0.4, -0.2) is 53.4 Å². The Balaban J connectivity index is 0.00000267. The number of hydrogen-bond donors (Lipinski definition) is 5. The van der Waals surface area contributed by atoms with Gasteiger partial charge in [0.25, 0.3) is 0 Å². The smallest absolute Gasteiger partial charge is 0.237 e. The topological polar surface area (TPSA) is 111 Å². The molecular weight excluding hydrogens is 584 g/mol. The molecule has 39 heavy (non-hydrogen) atoms. The minimum atomic E-state index is -1.21. The van der Waals surface area contributed by atoms with Crippen molar-refractivity contribution in [3.05, 3.63) is 63.4 Å². The van der Waals surface area contributed by atoms with Gasteiger partial charge < -0.3 is 26.2 Å². The molecule has 2 heterocycles. The number of carbonyl (C=O) groups excluding carboxylic acids is 2. The van der Waals surface area contributed by atoms with E-state index in [1.54, 1.807) is 18.2 Å². The van der Waals surface area contributed by atoms with Crippen molar-refractivity contribution in [1.29, 1.82) is 0 Å². The second kappa shape index (κ2) is 13.0. The average molecular weight is 621 g/mol. The predicted molar refractivity (Wildman–Crippen MR) is 162 cm³/mol. The number of benzene rings is 2. The van der Waals surface area contributed by atoms with Gasteiger partial charge in [0.1, 0.15) is 11.2 Å². The molecule has 2 aromatic rings. The summed E-state index contributed by atoms with van der Waals surface area (Å²) >= 11 is 12.4. The lowest BCUT2D eigenvalue weighted by molar-refractivity contribution is -0.124. The summed E-state index contributed by atoms with van der Waals surface area (Å²) < 4.78 is 14.2. The maximum absolute atomic E-state index is 14.2. The van der Waals surface area contributed by atoms with Crippen molar-refractivity contribution in [2.45, 2.75) is 63.1 Å². The summed E-state index contributed by atoms with van der Waals surface area (Å²) in [6.45, 7) is 5.90. The molecule has 216 valence electrons. The van der Waals surface area contributed by atoms with Gasteiger partial charge in [-0.2, -0.15) is 27.0 Å². The standard InChI is InChI=1S/C27H32Cl2FN3O4.2H2S/c1-26(2,3)12-21-27(17-6-5-15(28)11-20(17)32-25(27)37)22(14-4-7-19(30)18(29)10-14)23(33-21)24(36)31-9-8-16(35)13-34;;/h4-7,10-11,16,21-23,33-35H,8-9,12-13H2,1-3H3,(H,31,36)(H,32,37);2*1H2/t16-,21+,22-,23+,27-;;/m0../s1. The van der Waals surface area contributed by atoms with E-state index in [2.05, 4.69) is 36.7 Å². The summed E-state index contributed by atoms with van der Waals surface area (Å²) in [6, 6.07) is 8.17. The third-order valence-electron chi connectivity index (χ3n) is 7.19. The lowest BCUT2D eigenvalue weighted by Crippen LogP contribution is -2.49. The largest absolute Gasteiger partial charge is 0.394 e. The van der Waals surface area contributed by atoms with Crippen LogP contribution in [0.2, 0.25) is 10.0 Å². The van der Waals surface area contributed by atoms with E-state index in [0.717, 1.165) is 0 Å². The lowest BCUT2D eigenvalue weighted by atomic mass is 9.62. The highest BCUT2D eigenvalue weighted by Crippen LogP contribution is 2.56. The third-order valence-corrected chi connectivity index (χ3v) is 7.72.